The highest BCUT2D eigenvalue weighted by Crippen LogP contribution is 2.38. The van der Waals surface area contributed by atoms with Crippen LogP contribution >= 0.6 is 11.6 Å². The summed E-state index contributed by atoms with van der Waals surface area (Å²) in [5.74, 6) is -4.67. The van der Waals surface area contributed by atoms with Crippen LogP contribution < -0.4 is 16.0 Å². The number of urea groups is 1. The lowest BCUT2D eigenvalue weighted by molar-refractivity contribution is 0.0950. The van der Waals surface area contributed by atoms with Gasteiger partial charge in [0.1, 0.15) is 23.3 Å². The minimum atomic E-state index is -1.13. The summed E-state index contributed by atoms with van der Waals surface area (Å²) in [7, 11) is 1.59. The van der Waals surface area contributed by atoms with Crippen LogP contribution in [0.15, 0.2) is 42.5 Å². The highest BCUT2D eigenvalue weighted by Gasteiger charge is 2.34. The molecule has 1 heterocycles. The van der Waals surface area contributed by atoms with Gasteiger partial charge in [0.05, 0.1) is 29.0 Å². The van der Waals surface area contributed by atoms with E-state index in [1.807, 2.05) is 0 Å². The second-order valence-corrected chi connectivity index (χ2v) is 8.77. The van der Waals surface area contributed by atoms with Crippen LogP contribution in [0.2, 0.25) is 5.02 Å². The first-order valence-corrected chi connectivity index (χ1v) is 11.2. The van der Waals surface area contributed by atoms with Crippen molar-refractivity contribution < 1.29 is 27.2 Å². The van der Waals surface area contributed by atoms with Crippen LogP contribution in [0.5, 0.6) is 0 Å². The molecule has 0 aliphatic carbocycles. The maximum absolute atomic E-state index is 14.6. The summed E-state index contributed by atoms with van der Waals surface area (Å²) in [4.78, 5) is 28.7. The van der Waals surface area contributed by atoms with E-state index >= 15 is 0 Å². The molecule has 4 rings (SSSR count). The van der Waals surface area contributed by atoms with Gasteiger partial charge in [-0.15, -0.1) is 0 Å². The molecule has 0 aromatic heterocycles. The van der Waals surface area contributed by atoms with Crippen LogP contribution in [0.3, 0.4) is 0 Å². The molecule has 11 heteroatoms. The van der Waals surface area contributed by atoms with Crippen LogP contribution in [-0.2, 0) is 13.1 Å². The smallest absolute Gasteiger partial charge is 0.325 e. The number of nitrogens with one attached hydrogen (secondary N) is 1. The fraction of sp³-hybridized carbons (Fsp3) is 0.200. The van der Waals surface area contributed by atoms with Crippen LogP contribution in [0.25, 0.3) is 0 Å². The van der Waals surface area contributed by atoms with Gasteiger partial charge in [-0.1, -0.05) is 17.7 Å². The van der Waals surface area contributed by atoms with Crippen LogP contribution in [0.1, 0.15) is 40.0 Å². The van der Waals surface area contributed by atoms with Crippen LogP contribution in [0.4, 0.5) is 33.7 Å². The molecule has 0 fully saturated rings. The Morgan fingerprint density at radius 2 is 1.69 bits per heavy atom. The van der Waals surface area contributed by atoms with E-state index in [2.05, 4.69) is 5.32 Å². The molecule has 0 saturated heterocycles. The summed E-state index contributed by atoms with van der Waals surface area (Å²) >= 11 is 6.21. The van der Waals surface area contributed by atoms with Gasteiger partial charge in [-0.05, 0) is 36.8 Å². The molecule has 1 aliphatic heterocycles. The molecule has 1 aliphatic rings. The Kier molecular flexibility index (Phi) is 6.81. The Balaban J connectivity index is 1.67. The Hall–Kier alpha value is -3.79. The standard InChI is InChI=1S/C25H21ClF4N4O2/c1-12-15-4-3-13(24(35)32-10-16-19(29)8-14(27)9-20(16)30)7-22(15)34(25(36)33(12)2)11-17-18(28)5-6-21(31)23(17)26/h3-9,12H,10-11,31H2,1-2H3,(H,32,35). The zero-order chi connectivity index (χ0) is 26.3. The number of anilines is 2. The molecule has 6 nitrogen and oxygen atoms in total. The predicted molar refractivity (Wildman–Crippen MR) is 128 cm³/mol. The maximum Gasteiger partial charge on any atom is 0.325 e. The van der Waals surface area contributed by atoms with Gasteiger partial charge in [0.25, 0.3) is 5.91 Å². The van der Waals surface area contributed by atoms with Gasteiger partial charge in [0.15, 0.2) is 0 Å². The number of carbonyl (C=O) groups is 2. The molecule has 3 amide bonds. The van der Waals surface area contributed by atoms with Gasteiger partial charge in [0.2, 0.25) is 0 Å². The van der Waals surface area contributed by atoms with E-state index in [0.717, 1.165) is 6.07 Å². The Bertz CT molecular complexity index is 1360. The number of nitrogen functional groups attached to an aromatic ring is 1. The molecule has 36 heavy (non-hydrogen) atoms. The fourth-order valence-corrected chi connectivity index (χ4v) is 4.24. The number of hydrogen-bond donors (Lipinski definition) is 2. The van der Waals surface area contributed by atoms with Crippen LogP contribution in [-0.4, -0.2) is 23.9 Å². The Morgan fingerprint density at radius 1 is 1.03 bits per heavy atom. The van der Waals surface area contributed by atoms with E-state index in [9.17, 15) is 27.2 Å². The molecule has 188 valence electrons. The zero-order valence-electron chi connectivity index (χ0n) is 19.2. The third-order valence-corrected chi connectivity index (χ3v) is 6.66. The molecule has 3 aromatic rings. The van der Waals surface area contributed by atoms with Crippen molar-refractivity contribution in [2.24, 2.45) is 0 Å². The number of carbonyl (C=O) groups excluding carboxylic acids is 2. The zero-order valence-corrected chi connectivity index (χ0v) is 20.0. The van der Waals surface area contributed by atoms with Crippen LogP contribution in [0, 0.1) is 23.3 Å². The van der Waals surface area contributed by atoms with E-state index in [0.29, 0.717) is 23.4 Å². The number of rotatable bonds is 5. The van der Waals surface area contributed by atoms with Gasteiger partial charge in [-0.2, -0.15) is 0 Å². The number of benzene rings is 3. The maximum atomic E-state index is 14.6. The molecule has 1 unspecified atom stereocenters. The number of nitrogens with zero attached hydrogens (tertiary/aromatic N) is 2. The molecule has 0 saturated carbocycles. The van der Waals surface area contributed by atoms with Crippen molar-refractivity contribution in [2.45, 2.75) is 26.1 Å². The second kappa shape index (κ2) is 9.69. The summed E-state index contributed by atoms with van der Waals surface area (Å²) in [6, 6.07) is 7.26. The predicted octanol–water partition coefficient (Wildman–Crippen LogP) is 5.54. The first-order chi connectivity index (χ1) is 17.0. The normalized spacial score (nSPS) is 15.2. The monoisotopic (exact) mass is 520 g/mol. The van der Waals surface area contributed by atoms with Crippen molar-refractivity contribution in [3.8, 4) is 0 Å². The lowest BCUT2D eigenvalue weighted by Gasteiger charge is -2.40. The lowest BCUT2D eigenvalue weighted by Crippen LogP contribution is -2.46. The van der Waals surface area contributed by atoms with E-state index in [1.165, 1.54) is 28.0 Å². The summed E-state index contributed by atoms with van der Waals surface area (Å²) in [5, 5.41) is 2.37. The van der Waals surface area contributed by atoms with Crippen molar-refractivity contribution in [2.75, 3.05) is 17.7 Å². The summed E-state index contributed by atoms with van der Waals surface area (Å²) in [5.41, 5.74) is 6.58. The second-order valence-electron chi connectivity index (χ2n) is 8.39. The van der Waals surface area contributed by atoms with E-state index in [4.69, 9.17) is 17.3 Å². The molecule has 0 spiro atoms. The SMILES string of the molecule is CC1c2ccc(C(=O)NCc3c(F)cc(F)cc3F)cc2N(Cc2c(F)ccc(N)c2Cl)C(=O)N1C. The average Bonchev–Trinajstić information content (AvgIpc) is 2.83. The quantitative estimate of drug-likeness (QED) is 0.342. The van der Waals surface area contributed by atoms with Crippen molar-refractivity contribution in [3.63, 3.8) is 0 Å². The van der Waals surface area contributed by atoms with Gasteiger partial charge < -0.3 is 16.0 Å². The highest BCUT2D eigenvalue weighted by molar-refractivity contribution is 6.33. The molecule has 1 atom stereocenters. The molecular weight excluding hydrogens is 500 g/mol. The van der Waals surface area contributed by atoms with Gasteiger partial charge in [-0.25, -0.2) is 22.4 Å². The van der Waals surface area contributed by atoms with Crippen molar-refractivity contribution in [1.82, 2.24) is 10.2 Å². The number of fused-ring (bicyclic) bond motifs is 1. The molecular formula is C25H21ClF4N4O2. The molecule has 0 radical (unpaired) electrons. The largest absolute Gasteiger partial charge is 0.398 e. The van der Waals surface area contributed by atoms with E-state index < -0.39 is 47.3 Å². The van der Waals surface area contributed by atoms with Gasteiger partial charge in [-0.3, -0.25) is 9.69 Å². The third kappa shape index (κ3) is 4.56. The van der Waals surface area contributed by atoms with E-state index in [1.54, 1.807) is 20.0 Å². The summed E-state index contributed by atoms with van der Waals surface area (Å²) in [6.07, 6.45) is 0. The van der Waals surface area contributed by atoms with Crippen molar-refractivity contribution in [3.05, 3.63) is 93.0 Å². The van der Waals surface area contributed by atoms with Gasteiger partial charge in [0, 0.05) is 42.4 Å². The van der Waals surface area contributed by atoms with Gasteiger partial charge >= 0.3 is 6.03 Å². The molecule has 3 aromatic carbocycles. The fourth-order valence-electron chi connectivity index (χ4n) is 4.02. The summed E-state index contributed by atoms with van der Waals surface area (Å²) in [6.45, 7) is 1.01. The Labute approximate surface area is 209 Å². The minimum absolute atomic E-state index is 0.0102. The lowest BCUT2D eigenvalue weighted by atomic mass is 9.98. The molecule has 3 N–H and O–H groups in total. The highest BCUT2D eigenvalue weighted by atomic mass is 35.5. The summed E-state index contributed by atoms with van der Waals surface area (Å²) < 4.78 is 55.6. The number of amides is 3. The minimum Gasteiger partial charge on any atom is -0.398 e. The first kappa shape index (κ1) is 25.3. The topological polar surface area (TPSA) is 78.7 Å². The molecule has 0 bridgehead atoms. The first-order valence-electron chi connectivity index (χ1n) is 10.8. The average molecular weight is 521 g/mol. The van der Waals surface area contributed by atoms with Crippen molar-refractivity contribution >= 4 is 34.9 Å². The third-order valence-electron chi connectivity index (χ3n) is 6.21. The van der Waals surface area contributed by atoms with E-state index in [-0.39, 0.29) is 34.4 Å². The number of nitrogens with two attached hydrogens (primary N) is 1. The number of hydrogen-bond acceptors (Lipinski definition) is 3. The van der Waals surface area contributed by atoms with Crippen molar-refractivity contribution in [1.29, 1.82) is 0 Å². The Morgan fingerprint density at radius 3 is 2.36 bits per heavy atom. The number of halogens is 5.